The molecule has 0 aromatic heterocycles. The van der Waals surface area contributed by atoms with Crippen LogP contribution in [0, 0.1) is 21.8 Å². The van der Waals surface area contributed by atoms with Gasteiger partial charge in [-0.15, -0.1) is 0 Å². The molecular weight excluding hydrogens is 239 g/mol. The van der Waals surface area contributed by atoms with Gasteiger partial charge in [-0.2, -0.15) is 0 Å². The summed E-state index contributed by atoms with van der Waals surface area (Å²) in [6, 6.07) is 3.64. The van der Waals surface area contributed by atoms with E-state index in [0.29, 0.717) is 24.8 Å². The van der Waals surface area contributed by atoms with Gasteiger partial charge in [0, 0.05) is 26.1 Å². The van der Waals surface area contributed by atoms with E-state index in [0.717, 1.165) is 19.1 Å². The molecule has 1 fully saturated rings. The highest BCUT2D eigenvalue weighted by atomic mass is 19.1. The van der Waals surface area contributed by atoms with E-state index in [9.17, 15) is 14.5 Å². The number of hydrogen-bond acceptors (Lipinski definition) is 4. The van der Waals surface area contributed by atoms with Crippen LogP contribution >= 0.6 is 0 Å². The Kier molecular flexibility index (Phi) is 3.76. The first-order valence-corrected chi connectivity index (χ1v) is 5.80. The van der Waals surface area contributed by atoms with Gasteiger partial charge in [0.1, 0.15) is 11.5 Å². The van der Waals surface area contributed by atoms with E-state index in [-0.39, 0.29) is 5.69 Å². The van der Waals surface area contributed by atoms with Gasteiger partial charge in [0.05, 0.1) is 17.6 Å². The minimum atomic E-state index is -0.594. The third kappa shape index (κ3) is 2.76. The van der Waals surface area contributed by atoms with Gasteiger partial charge in [0.2, 0.25) is 0 Å². The fourth-order valence-corrected chi connectivity index (χ4v) is 2.18. The van der Waals surface area contributed by atoms with Gasteiger partial charge in [0.15, 0.2) is 0 Å². The summed E-state index contributed by atoms with van der Waals surface area (Å²) in [5, 5.41) is 10.9. The van der Waals surface area contributed by atoms with Gasteiger partial charge >= 0.3 is 0 Å². The molecular formula is C12H15FN2O3. The maximum absolute atomic E-state index is 13.0. The van der Waals surface area contributed by atoms with Crippen molar-refractivity contribution in [3.63, 3.8) is 0 Å². The van der Waals surface area contributed by atoms with E-state index < -0.39 is 10.7 Å². The SMILES string of the molecule is CN(C[C@@H]1CCOC1)c1ccc(F)cc1[N+](=O)[O-]. The topological polar surface area (TPSA) is 55.6 Å². The van der Waals surface area contributed by atoms with Crippen LogP contribution in [0.15, 0.2) is 18.2 Å². The van der Waals surface area contributed by atoms with Crippen LogP contribution < -0.4 is 4.90 Å². The summed E-state index contributed by atoms with van der Waals surface area (Å²) in [6.07, 6.45) is 0.958. The van der Waals surface area contributed by atoms with Crippen LogP contribution in [-0.2, 0) is 4.74 Å². The quantitative estimate of drug-likeness (QED) is 0.610. The van der Waals surface area contributed by atoms with Crippen LogP contribution in [-0.4, -0.2) is 31.7 Å². The monoisotopic (exact) mass is 254 g/mol. The van der Waals surface area contributed by atoms with Crippen molar-refractivity contribution in [2.24, 2.45) is 5.92 Å². The molecule has 0 radical (unpaired) electrons. The highest BCUT2D eigenvalue weighted by Crippen LogP contribution is 2.29. The minimum absolute atomic E-state index is 0.198. The van der Waals surface area contributed by atoms with Crippen molar-refractivity contribution in [2.45, 2.75) is 6.42 Å². The number of rotatable bonds is 4. The third-order valence-electron chi connectivity index (χ3n) is 3.10. The Morgan fingerprint density at radius 3 is 3.00 bits per heavy atom. The van der Waals surface area contributed by atoms with Crippen LogP contribution in [0.3, 0.4) is 0 Å². The van der Waals surface area contributed by atoms with E-state index >= 15 is 0 Å². The Balaban J connectivity index is 2.17. The van der Waals surface area contributed by atoms with E-state index in [4.69, 9.17) is 4.74 Å². The van der Waals surface area contributed by atoms with E-state index in [1.807, 2.05) is 0 Å². The Bertz CT molecular complexity index is 447. The zero-order chi connectivity index (χ0) is 13.1. The van der Waals surface area contributed by atoms with Crippen molar-refractivity contribution in [3.05, 3.63) is 34.1 Å². The lowest BCUT2D eigenvalue weighted by Gasteiger charge is -2.22. The molecule has 1 aromatic rings. The summed E-state index contributed by atoms with van der Waals surface area (Å²) < 4.78 is 18.3. The molecule has 0 aliphatic carbocycles. The summed E-state index contributed by atoms with van der Waals surface area (Å²) in [5.41, 5.74) is 0.240. The zero-order valence-electron chi connectivity index (χ0n) is 10.1. The lowest BCUT2D eigenvalue weighted by molar-refractivity contribution is -0.384. The van der Waals surface area contributed by atoms with Gasteiger partial charge in [-0.25, -0.2) is 4.39 Å². The zero-order valence-corrected chi connectivity index (χ0v) is 10.1. The molecule has 98 valence electrons. The predicted octanol–water partition coefficient (Wildman–Crippen LogP) is 2.21. The molecule has 1 saturated heterocycles. The van der Waals surface area contributed by atoms with Crippen molar-refractivity contribution in [1.82, 2.24) is 0 Å². The molecule has 18 heavy (non-hydrogen) atoms. The number of nitrogens with zero attached hydrogens (tertiary/aromatic N) is 2. The van der Waals surface area contributed by atoms with Crippen molar-refractivity contribution in [2.75, 3.05) is 31.7 Å². The van der Waals surface area contributed by atoms with Crippen molar-refractivity contribution in [3.8, 4) is 0 Å². The van der Waals surface area contributed by atoms with Crippen LogP contribution in [0.25, 0.3) is 0 Å². The molecule has 1 aromatic carbocycles. The summed E-state index contributed by atoms with van der Waals surface area (Å²) in [6.45, 7) is 2.09. The van der Waals surface area contributed by atoms with E-state index in [2.05, 4.69) is 0 Å². The second-order valence-electron chi connectivity index (χ2n) is 4.50. The average Bonchev–Trinajstić information content (AvgIpc) is 2.81. The largest absolute Gasteiger partial charge is 0.381 e. The van der Waals surface area contributed by atoms with E-state index in [1.165, 1.54) is 12.1 Å². The number of anilines is 1. The highest BCUT2D eigenvalue weighted by molar-refractivity contribution is 5.62. The Morgan fingerprint density at radius 2 is 2.39 bits per heavy atom. The first kappa shape index (κ1) is 12.8. The highest BCUT2D eigenvalue weighted by Gasteiger charge is 2.22. The molecule has 0 amide bonds. The molecule has 0 unspecified atom stereocenters. The van der Waals surface area contributed by atoms with Gasteiger partial charge in [-0.3, -0.25) is 10.1 Å². The molecule has 1 atom stereocenters. The van der Waals surface area contributed by atoms with Crippen molar-refractivity contribution >= 4 is 11.4 Å². The first-order chi connectivity index (χ1) is 8.58. The summed E-state index contributed by atoms with van der Waals surface area (Å²) >= 11 is 0. The fraction of sp³-hybridized carbons (Fsp3) is 0.500. The molecule has 0 spiro atoms. The summed E-state index contributed by atoms with van der Waals surface area (Å²) in [5.74, 6) is -0.220. The fourth-order valence-electron chi connectivity index (χ4n) is 2.18. The van der Waals surface area contributed by atoms with Crippen LogP contribution in [0.1, 0.15) is 6.42 Å². The number of hydrogen-bond donors (Lipinski definition) is 0. The lowest BCUT2D eigenvalue weighted by atomic mass is 10.1. The van der Waals surface area contributed by atoms with Gasteiger partial charge in [-0.1, -0.05) is 0 Å². The molecule has 6 heteroatoms. The van der Waals surface area contributed by atoms with Crippen molar-refractivity contribution in [1.29, 1.82) is 0 Å². The molecule has 1 aliphatic heterocycles. The number of nitro groups is 1. The smallest absolute Gasteiger partial charge is 0.295 e. The van der Waals surface area contributed by atoms with Crippen LogP contribution in [0.2, 0.25) is 0 Å². The molecule has 0 bridgehead atoms. The number of ether oxygens (including phenoxy) is 1. The van der Waals surface area contributed by atoms with Crippen molar-refractivity contribution < 1.29 is 14.1 Å². The molecule has 5 nitrogen and oxygen atoms in total. The molecule has 0 saturated carbocycles. The molecule has 2 rings (SSSR count). The van der Waals surface area contributed by atoms with Gasteiger partial charge in [-0.05, 0) is 18.6 Å². The minimum Gasteiger partial charge on any atom is -0.381 e. The number of nitro benzene ring substituents is 1. The predicted molar refractivity (Wildman–Crippen MR) is 65.3 cm³/mol. The second-order valence-corrected chi connectivity index (χ2v) is 4.50. The van der Waals surface area contributed by atoms with E-state index in [1.54, 1.807) is 11.9 Å². The Labute approximate surface area is 104 Å². The lowest BCUT2D eigenvalue weighted by Crippen LogP contribution is -2.26. The third-order valence-corrected chi connectivity index (χ3v) is 3.10. The molecule has 0 N–H and O–H groups in total. The van der Waals surface area contributed by atoms with Crippen LogP contribution in [0.4, 0.5) is 15.8 Å². The summed E-state index contributed by atoms with van der Waals surface area (Å²) in [4.78, 5) is 12.1. The van der Waals surface area contributed by atoms with Gasteiger partial charge in [0.25, 0.3) is 5.69 Å². The normalized spacial score (nSPS) is 18.9. The maximum atomic E-state index is 13.0. The average molecular weight is 254 g/mol. The molecule has 1 heterocycles. The standard InChI is InChI=1S/C12H15FN2O3/c1-14(7-9-4-5-18-8-9)11-3-2-10(13)6-12(11)15(16)17/h2-3,6,9H,4-5,7-8H2,1H3/t9-/m0/s1. The first-order valence-electron chi connectivity index (χ1n) is 5.80. The second kappa shape index (κ2) is 5.30. The van der Waals surface area contributed by atoms with Gasteiger partial charge < -0.3 is 9.64 Å². The number of halogens is 1. The molecule has 1 aliphatic rings. The number of benzene rings is 1. The van der Waals surface area contributed by atoms with Crippen LogP contribution in [0.5, 0.6) is 0 Å². The Hall–Kier alpha value is -1.69. The Morgan fingerprint density at radius 1 is 1.61 bits per heavy atom. The maximum Gasteiger partial charge on any atom is 0.295 e. The summed E-state index contributed by atoms with van der Waals surface area (Å²) in [7, 11) is 1.78.